The van der Waals surface area contributed by atoms with Crippen molar-refractivity contribution in [3.63, 3.8) is 0 Å². The van der Waals surface area contributed by atoms with Crippen LogP contribution >= 0.6 is 0 Å². The van der Waals surface area contributed by atoms with Gasteiger partial charge in [0.05, 0.1) is 11.6 Å². The molecule has 2 aromatic rings. The van der Waals surface area contributed by atoms with Crippen molar-refractivity contribution < 1.29 is 14.3 Å². The van der Waals surface area contributed by atoms with Crippen molar-refractivity contribution in [3.8, 4) is 12.1 Å². The molecule has 160 valence electrons. The zero-order valence-electron chi connectivity index (χ0n) is 18.4. The van der Waals surface area contributed by atoms with Crippen molar-refractivity contribution in [1.82, 2.24) is 4.57 Å². The molecular formula is C24H26N4O3. The highest BCUT2D eigenvalue weighted by molar-refractivity contribution is 6.01. The first-order valence-corrected chi connectivity index (χ1v) is 9.96. The lowest BCUT2D eigenvalue weighted by Crippen LogP contribution is -2.30. The Balaban J connectivity index is 2.11. The highest BCUT2D eigenvalue weighted by Gasteiger charge is 2.21. The Labute approximate surface area is 182 Å². The molecule has 0 spiro atoms. The van der Waals surface area contributed by atoms with E-state index < -0.39 is 18.0 Å². The Morgan fingerprint density at radius 3 is 2.35 bits per heavy atom. The van der Waals surface area contributed by atoms with E-state index in [4.69, 9.17) is 10.00 Å². The predicted molar refractivity (Wildman–Crippen MR) is 118 cm³/mol. The average Bonchev–Trinajstić information content (AvgIpc) is 2.99. The molecule has 0 aliphatic heterocycles. The maximum Gasteiger partial charge on any atom is 0.349 e. The number of esters is 1. The Bertz CT molecular complexity index is 1080. The van der Waals surface area contributed by atoms with E-state index in [1.54, 1.807) is 24.3 Å². The van der Waals surface area contributed by atoms with Crippen LogP contribution in [-0.4, -0.2) is 22.5 Å². The molecule has 0 saturated carbocycles. The van der Waals surface area contributed by atoms with Crippen LogP contribution in [0.3, 0.4) is 0 Å². The minimum atomic E-state index is -1.10. The van der Waals surface area contributed by atoms with Crippen LogP contribution in [0, 0.1) is 42.4 Å². The van der Waals surface area contributed by atoms with E-state index in [1.807, 2.05) is 32.1 Å². The van der Waals surface area contributed by atoms with Crippen LogP contribution in [0.1, 0.15) is 43.3 Å². The molecule has 1 amide bonds. The highest BCUT2D eigenvalue weighted by atomic mass is 16.5. The summed E-state index contributed by atoms with van der Waals surface area (Å²) in [5.41, 5.74) is 3.52. The van der Waals surface area contributed by atoms with Gasteiger partial charge in [0.25, 0.3) is 5.91 Å². The lowest BCUT2D eigenvalue weighted by molar-refractivity contribution is -0.148. The molecule has 0 fully saturated rings. The molecule has 31 heavy (non-hydrogen) atoms. The van der Waals surface area contributed by atoms with E-state index in [0.29, 0.717) is 17.2 Å². The van der Waals surface area contributed by atoms with Crippen molar-refractivity contribution in [2.75, 3.05) is 5.32 Å². The van der Waals surface area contributed by atoms with Crippen LogP contribution in [0.5, 0.6) is 0 Å². The summed E-state index contributed by atoms with van der Waals surface area (Å²) in [7, 11) is 0. The van der Waals surface area contributed by atoms with Crippen molar-refractivity contribution in [2.24, 2.45) is 5.92 Å². The van der Waals surface area contributed by atoms with Gasteiger partial charge in [-0.2, -0.15) is 10.5 Å². The lowest BCUT2D eigenvalue weighted by Gasteiger charge is -2.13. The second-order valence-corrected chi connectivity index (χ2v) is 7.73. The normalized spacial score (nSPS) is 12.1. The van der Waals surface area contributed by atoms with E-state index in [0.717, 1.165) is 23.5 Å². The maximum atomic E-state index is 12.5. The van der Waals surface area contributed by atoms with Gasteiger partial charge in [0.15, 0.2) is 6.10 Å². The third-order valence-corrected chi connectivity index (χ3v) is 4.74. The van der Waals surface area contributed by atoms with E-state index in [2.05, 4.69) is 23.7 Å². The van der Waals surface area contributed by atoms with E-state index in [-0.39, 0.29) is 5.57 Å². The van der Waals surface area contributed by atoms with Crippen molar-refractivity contribution >= 4 is 23.6 Å². The minimum absolute atomic E-state index is 0.178. The molecule has 1 aromatic carbocycles. The number of carbonyl (C=O) groups excluding carboxylic acids is 2. The van der Waals surface area contributed by atoms with Crippen LogP contribution in [-0.2, 0) is 20.9 Å². The summed E-state index contributed by atoms with van der Waals surface area (Å²) in [6.07, 6.45) is 0.389. The van der Waals surface area contributed by atoms with Crippen LogP contribution in [0.4, 0.5) is 5.69 Å². The second-order valence-electron chi connectivity index (χ2n) is 7.73. The van der Waals surface area contributed by atoms with Crippen molar-refractivity contribution in [2.45, 2.75) is 47.3 Å². The first-order valence-electron chi connectivity index (χ1n) is 9.96. The number of hydrogen-bond acceptors (Lipinski definition) is 5. The number of benzene rings is 1. The second kappa shape index (κ2) is 10.3. The Hall–Kier alpha value is -3.84. The quantitative estimate of drug-likeness (QED) is 0.413. The van der Waals surface area contributed by atoms with Crippen LogP contribution in [0.15, 0.2) is 35.9 Å². The number of ether oxygens (including phenoxy) is 1. The largest absolute Gasteiger partial charge is 0.448 e. The lowest BCUT2D eigenvalue weighted by atomic mass is 10.1. The summed E-state index contributed by atoms with van der Waals surface area (Å²) < 4.78 is 7.34. The zero-order chi connectivity index (χ0) is 23.1. The fourth-order valence-electron chi connectivity index (χ4n) is 3.06. The fourth-order valence-corrected chi connectivity index (χ4v) is 3.06. The SMILES string of the molecule is Cc1cc(/C=C(\C#N)C(=O)O[C@@H](C)C(=O)Nc2ccc(C#N)cc2)c(C)n1CC(C)C. The number of hydrogen-bond donors (Lipinski definition) is 1. The van der Waals surface area contributed by atoms with Gasteiger partial charge in [-0.05, 0) is 68.7 Å². The monoisotopic (exact) mass is 418 g/mol. The Morgan fingerprint density at radius 1 is 1.16 bits per heavy atom. The zero-order valence-corrected chi connectivity index (χ0v) is 18.4. The average molecular weight is 418 g/mol. The van der Waals surface area contributed by atoms with Gasteiger partial charge in [0, 0.05) is 23.6 Å². The van der Waals surface area contributed by atoms with E-state index in [9.17, 15) is 14.9 Å². The topological polar surface area (TPSA) is 108 Å². The molecule has 1 N–H and O–H groups in total. The molecule has 0 aliphatic carbocycles. The molecule has 1 heterocycles. The summed E-state index contributed by atoms with van der Waals surface area (Å²) in [6.45, 7) is 10.4. The summed E-state index contributed by atoms with van der Waals surface area (Å²) in [5, 5.41) is 20.9. The van der Waals surface area contributed by atoms with Gasteiger partial charge in [-0.25, -0.2) is 4.79 Å². The molecule has 0 bridgehead atoms. The molecule has 0 unspecified atom stereocenters. The first-order chi connectivity index (χ1) is 14.7. The van der Waals surface area contributed by atoms with Gasteiger partial charge < -0.3 is 14.6 Å². The van der Waals surface area contributed by atoms with Gasteiger partial charge >= 0.3 is 5.97 Å². The summed E-state index contributed by atoms with van der Waals surface area (Å²) in [6, 6.07) is 12.1. The molecule has 2 rings (SSSR count). The van der Waals surface area contributed by atoms with E-state index in [1.165, 1.54) is 13.0 Å². The van der Waals surface area contributed by atoms with Crippen LogP contribution in [0.2, 0.25) is 0 Å². The minimum Gasteiger partial charge on any atom is -0.448 e. The predicted octanol–water partition coefficient (Wildman–Crippen LogP) is 4.11. The third kappa shape index (κ3) is 6.07. The highest BCUT2D eigenvalue weighted by Crippen LogP contribution is 2.20. The molecule has 1 atom stereocenters. The molecule has 7 heteroatoms. The molecule has 1 aromatic heterocycles. The fraction of sp³-hybridized carbons (Fsp3) is 0.333. The number of amides is 1. The number of rotatable bonds is 7. The van der Waals surface area contributed by atoms with E-state index >= 15 is 0 Å². The van der Waals surface area contributed by atoms with Gasteiger partial charge in [-0.15, -0.1) is 0 Å². The smallest absolute Gasteiger partial charge is 0.349 e. The number of anilines is 1. The van der Waals surface area contributed by atoms with Crippen molar-refractivity contribution in [1.29, 1.82) is 10.5 Å². The van der Waals surface area contributed by atoms with Gasteiger partial charge in [-0.3, -0.25) is 4.79 Å². The Kier molecular flexibility index (Phi) is 7.76. The first kappa shape index (κ1) is 23.4. The number of carbonyl (C=O) groups is 2. The summed E-state index contributed by atoms with van der Waals surface area (Å²) in [5.74, 6) is -0.943. The maximum absolute atomic E-state index is 12.5. The van der Waals surface area contributed by atoms with Crippen molar-refractivity contribution in [3.05, 3.63) is 58.4 Å². The molecule has 7 nitrogen and oxygen atoms in total. The summed E-state index contributed by atoms with van der Waals surface area (Å²) in [4.78, 5) is 24.8. The van der Waals surface area contributed by atoms with Crippen LogP contribution in [0.25, 0.3) is 6.08 Å². The molecule has 0 aliphatic rings. The summed E-state index contributed by atoms with van der Waals surface area (Å²) >= 11 is 0. The standard InChI is InChI=1S/C24H26N4O3/c1-15(2)14-28-16(3)10-20(17(28)4)11-21(13-26)24(30)31-18(5)23(29)27-22-8-6-19(12-25)7-9-22/h6-11,15,18H,14H2,1-5H3,(H,27,29)/b21-11+/t18-/m0/s1. The molecule has 0 saturated heterocycles. The third-order valence-electron chi connectivity index (χ3n) is 4.74. The number of nitriles is 2. The number of aromatic nitrogens is 1. The van der Waals surface area contributed by atoms with Gasteiger partial charge in [0.1, 0.15) is 11.6 Å². The number of nitrogens with one attached hydrogen (secondary N) is 1. The van der Waals surface area contributed by atoms with Gasteiger partial charge in [-0.1, -0.05) is 13.8 Å². The Morgan fingerprint density at radius 2 is 1.81 bits per heavy atom. The molecule has 0 radical (unpaired) electrons. The van der Waals surface area contributed by atoms with Gasteiger partial charge in [0.2, 0.25) is 0 Å². The number of aryl methyl sites for hydroxylation is 1. The molecular weight excluding hydrogens is 392 g/mol. The number of nitrogens with zero attached hydrogens (tertiary/aromatic N) is 3. The van der Waals surface area contributed by atoms with Crippen LogP contribution < -0.4 is 5.32 Å².